The van der Waals surface area contributed by atoms with Crippen molar-refractivity contribution in [3.05, 3.63) is 10.1 Å². The van der Waals surface area contributed by atoms with Gasteiger partial charge in [0.2, 0.25) is 6.04 Å². The summed E-state index contributed by atoms with van der Waals surface area (Å²) in [5, 5.41) is 13.0. The minimum atomic E-state index is -0.318. The number of rotatable bonds is 2. The van der Waals surface area contributed by atoms with Crippen molar-refractivity contribution in [1.82, 2.24) is 0 Å². The second-order valence-electron chi connectivity index (χ2n) is 3.87. The van der Waals surface area contributed by atoms with Crippen molar-refractivity contribution >= 4 is 17.4 Å². The Morgan fingerprint density at radius 3 is 2.62 bits per heavy atom. The predicted octanol–water partition coefficient (Wildman–Crippen LogP) is 1.53. The molecule has 0 radical (unpaired) electrons. The summed E-state index contributed by atoms with van der Waals surface area (Å²) in [6.45, 7) is 0. The maximum Gasteiger partial charge on any atom is 0.216 e. The second kappa shape index (κ2) is 3.16. The largest absolute Gasteiger partial charge is 0.264 e. The van der Waals surface area contributed by atoms with Crippen molar-refractivity contribution in [2.75, 3.05) is 0 Å². The molecule has 0 amide bonds. The number of fused-ring (bicyclic) bond motifs is 2. The number of hydrogen-bond acceptors (Lipinski definition) is 4. The van der Waals surface area contributed by atoms with Crippen LogP contribution >= 0.6 is 12.2 Å². The quantitative estimate of drug-likeness (QED) is 0.292. The summed E-state index contributed by atoms with van der Waals surface area (Å²) in [6.07, 6.45) is 2.47. The van der Waals surface area contributed by atoms with Crippen LogP contribution in [0.1, 0.15) is 19.3 Å². The molecule has 0 N–H and O–H groups in total. The van der Waals surface area contributed by atoms with Crippen LogP contribution in [0.2, 0.25) is 0 Å². The highest BCUT2D eigenvalue weighted by Crippen LogP contribution is 2.47. The molecule has 70 valence electrons. The minimum absolute atomic E-state index is 0.137. The topological polar surface area (TPSA) is 55.5 Å². The Morgan fingerprint density at radius 2 is 2.15 bits per heavy atom. The standard InChI is InChI=1S/C8H10N2O2S/c11-10(12)8-3-5-1-6(8)2-7(5)9-4-13/h5-8H,1-3H2/t5?,6?,7?,8-/m0/s1. The van der Waals surface area contributed by atoms with Gasteiger partial charge < -0.3 is 0 Å². The van der Waals surface area contributed by atoms with Crippen molar-refractivity contribution in [2.24, 2.45) is 16.8 Å². The monoisotopic (exact) mass is 198 g/mol. The van der Waals surface area contributed by atoms with Crippen molar-refractivity contribution in [2.45, 2.75) is 31.3 Å². The van der Waals surface area contributed by atoms with Gasteiger partial charge in [0, 0.05) is 17.3 Å². The molecule has 2 aliphatic rings. The summed E-state index contributed by atoms with van der Waals surface area (Å²) in [5.74, 6) is 0.618. The Balaban J connectivity index is 2.06. The minimum Gasteiger partial charge on any atom is -0.264 e. The van der Waals surface area contributed by atoms with E-state index < -0.39 is 0 Å². The first-order valence-corrected chi connectivity index (χ1v) is 4.83. The molecule has 2 aliphatic carbocycles. The highest BCUT2D eigenvalue weighted by molar-refractivity contribution is 7.78. The van der Waals surface area contributed by atoms with Crippen LogP contribution in [0.25, 0.3) is 0 Å². The molecule has 2 rings (SSSR count). The molecular weight excluding hydrogens is 188 g/mol. The zero-order chi connectivity index (χ0) is 9.42. The van der Waals surface area contributed by atoms with Crippen LogP contribution in [0.4, 0.5) is 0 Å². The molecule has 0 heterocycles. The lowest BCUT2D eigenvalue weighted by molar-refractivity contribution is -0.530. The van der Waals surface area contributed by atoms with Crippen LogP contribution < -0.4 is 0 Å². The van der Waals surface area contributed by atoms with E-state index in [1.807, 2.05) is 0 Å². The molecule has 0 saturated heterocycles. The zero-order valence-corrected chi connectivity index (χ0v) is 7.87. The first-order chi connectivity index (χ1) is 6.22. The summed E-state index contributed by atoms with van der Waals surface area (Å²) in [4.78, 5) is 14.5. The van der Waals surface area contributed by atoms with Gasteiger partial charge in [0.1, 0.15) is 0 Å². The van der Waals surface area contributed by atoms with E-state index in [9.17, 15) is 10.1 Å². The molecule has 2 bridgehead atoms. The first-order valence-electron chi connectivity index (χ1n) is 4.43. The Bertz CT molecular complexity index is 274. The summed E-state index contributed by atoms with van der Waals surface area (Å²) in [6, 6.07) is -0.0970. The molecule has 2 fully saturated rings. The van der Waals surface area contributed by atoms with Gasteiger partial charge in [0.25, 0.3) is 0 Å². The molecule has 0 aromatic rings. The van der Waals surface area contributed by atoms with Gasteiger partial charge in [0.15, 0.2) is 0 Å². The highest BCUT2D eigenvalue weighted by Gasteiger charge is 2.51. The van der Waals surface area contributed by atoms with Gasteiger partial charge in [-0.1, -0.05) is 0 Å². The summed E-state index contributed by atoms with van der Waals surface area (Å²) >= 11 is 4.53. The van der Waals surface area contributed by atoms with Crippen molar-refractivity contribution < 1.29 is 4.92 Å². The van der Waals surface area contributed by atoms with E-state index in [4.69, 9.17) is 0 Å². The van der Waals surface area contributed by atoms with Crippen LogP contribution in [0.5, 0.6) is 0 Å². The van der Waals surface area contributed by atoms with Crippen LogP contribution in [-0.4, -0.2) is 22.2 Å². The molecule has 0 spiro atoms. The Morgan fingerprint density at radius 1 is 1.38 bits per heavy atom. The third kappa shape index (κ3) is 1.38. The molecule has 0 aliphatic heterocycles. The number of hydrogen-bond donors (Lipinski definition) is 0. The molecule has 4 atom stereocenters. The van der Waals surface area contributed by atoms with E-state index in [0.717, 1.165) is 12.8 Å². The predicted molar refractivity (Wildman–Crippen MR) is 50.4 cm³/mol. The molecule has 3 unspecified atom stereocenters. The van der Waals surface area contributed by atoms with E-state index >= 15 is 0 Å². The fourth-order valence-corrected chi connectivity index (χ4v) is 2.83. The van der Waals surface area contributed by atoms with Crippen molar-refractivity contribution in [3.63, 3.8) is 0 Å². The number of nitrogens with zero attached hydrogens (tertiary/aromatic N) is 2. The lowest BCUT2D eigenvalue weighted by Crippen LogP contribution is -2.30. The number of nitro groups is 1. The zero-order valence-electron chi connectivity index (χ0n) is 7.05. The normalized spacial score (nSPS) is 41.5. The van der Waals surface area contributed by atoms with E-state index in [0.29, 0.717) is 12.3 Å². The van der Waals surface area contributed by atoms with Gasteiger partial charge in [-0.25, -0.2) is 4.99 Å². The van der Waals surface area contributed by atoms with E-state index in [1.54, 1.807) is 0 Å². The molecule has 13 heavy (non-hydrogen) atoms. The van der Waals surface area contributed by atoms with Gasteiger partial charge in [-0.05, 0) is 31.0 Å². The van der Waals surface area contributed by atoms with Crippen LogP contribution in [-0.2, 0) is 0 Å². The lowest BCUT2D eigenvalue weighted by Gasteiger charge is -2.18. The third-order valence-electron chi connectivity index (χ3n) is 3.27. The molecule has 4 nitrogen and oxygen atoms in total. The molecule has 5 heteroatoms. The first kappa shape index (κ1) is 8.78. The molecule has 0 aromatic carbocycles. The maximum absolute atomic E-state index is 10.6. The maximum atomic E-state index is 10.6. The van der Waals surface area contributed by atoms with Gasteiger partial charge in [-0.15, -0.1) is 0 Å². The summed E-state index contributed by atoms with van der Waals surface area (Å²) < 4.78 is 0. The van der Waals surface area contributed by atoms with Gasteiger partial charge in [-0.2, -0.15) is 0 Å². The van der Waals surface area contributed by atoms with E-state index in [-0.39, 0.29) is 22.9 Å². The second-order valence-corrected chi connectivity index (χ2v) is 4.05. The van der Waals surface area contributed by atoms with Gasteiger partial charge >= 0.3 is 0 Å². The smallest absolute Gasteiger partial charge is 0.216 e. The van der Waals surface area contributed by atoms with Crippen molar-refractivity contribution in [3.8, 4) is 0 Å². The average molecular weight is 198 g/mol. The summed E-state index contributed by atoms with van der Waals surface area (Å²) in [7, 11) is 0. The van der Waals surface area contributed by atoms with Crippen LogP contribution in [0.3, 0.4) is 0 Å². The fourth-order valence-electron chi connectivity index (χ4n) is 2.70. The molecular formula is C8H10N2O2S. The summed E-state index contributed by atoms with van der Waals surface area (Å²) in [5.41, 5.74) is 0. The average Bonchev–Trinajstić information content (AvgIpc) is 2.62. The van der Waals surface area contributed by atoms with E-state index in [2.05, 4.69) is 22.4 Å². The fraction of sp³-hybridized carbons (Fsp3) is 0.875. The van der Waals surface area contributed by atoms with Gasteiger partial charge in [-0.3, -0.25) is 10.1 Å². The van der Waals surface area contributed by atoms with Gasteiger partial charge in [0.05, 0.1) is 11.2 Å². The highest BCUT2D eigenvalue weighted by atomic mass is 32.1. The van der Waals surface area contributed by atoms with Crippen LogP contribution in [0, 0.1) is 22.0 Å². The van der Waals surface area contributed by atoms with Crippen molar-refractivity contribution in [1.29, 1.82) is 0 Å². The SMILES string of the molecule is O=[N+]([O-])[C@H]1CC2CC1CC2N=C=S. The number of aliphatic imine (C=N–C) groups is 1. The van der Waals surface area contributed by atoms with E-state index in [1.165, 1.54) is 0 Å². The Hall–Kier alpha value is -0.800. The number of isothiocyanates is 1. The Labute approximate surface area is 81.2 Å². The van der Waals surface area contributed by atoms with Crippen LogP contribution in [0.15, 0.2) is 4.99 Å². The molecule has 2 saturated carbocycles. The Kier molecular flexibility index (Phi) is 2.14. The third-order valence-corrected chi connectivity index (χ3v) is 3.38. The number of thiocarbonyl (C=S) groups is 1. The lowest BCUT2D eigenvalue weighted by atomic mass is 9.92. The molecule has 0 aromatic heterocycles.